The van der Waals surface area contributed by atoms with Crippen LogP contribution in [-0.4, -0.2) is 43.0 Å². The molecule has 0 aromatic heterocycles. The van der Waals surface area contributed by atoms with E-state index in [4.69, 9.17) is 9.47 Å². The number of nitrogens with one attached hydrogen (secondary N) is 1. The first kappa shape index (κ1) is 21.2. The number of piperidine rings is 1. The summed E-state index contributed by atoms with van der Waals surface area (Å²) in [4.78, 5) is 27.0. The fraction of sp³-hybridized carbons (Fsp3) is 0.417. The molecule has 6 nitrogen and oxygen atoms in total. The van der Waals surface area contributed by atoms with Gasteiger partial charge in [-0.2, -0.15) is 0 Å². The van der Waals surface area contributed by atoms with Gasteiger partial charge in [-0.15, -0.1) is 0 Å². The third-order valence-electron chi connectivity index (χ3n) is 5.88. The van der Waals surface area contributed by atoms with Gasteiger partial charge in [0.05, 0.1) is 6.42 Å². The third kappa shape index (κ3) is 5.16. The van der Waals surface area contributed by atoms with Crippen LogP contribution in [0.1, 0.15) is 29.5 Å². The Labute approximate surface area is 181 Å². The van der Waals surface area contributed by atoms with Crippen LogP contribution < -0.4 is 14.8 Å². The van der Waals surface area contributed by atoms with E-state index in [1.54, 1.807) is 13.0 Å². The molecular weight excluding hydrogens is 399 g/mol. The van der Waals surface area contributed by atoms with Crippen LogP contribution in [0.25, 0.3) is 0 Å². The van der Waals surface area contributed by atoms with Crippen molar-refractivity contribution >= 4 is 11.8 Å². The number of amides is 2. The van der Waals surface area contributed by atoms with Crippen molar-refractivity contribution in [3.05, 3.63) is 58.9 Å². The lowest BCUT2D eigenvalue weighted by atomic mass is 9.95. The number of aryl methyl sites for hydroxylation is 1. The molecule has 0 saturated carbocycles. The van der Waals surface area contributed by atoms with E-state index in [1.165, 1.54) is 6.07 Å². The van der Waals surface area contributed by atoms with Crippen LogP contribution in [0.15, 0.2) is 36.4 Å². The maximum atomic E-state index is 13.7. The van der Waals surface area contributed by atoms with Gasteiger partial charge in [-0.25, -0.2) is 4.39 Å². The molecule has 4 rings (SSSR count). The zero-order valence-electron chi connectivity index (χ0n) is 17.7. The second-order valence-corrected chi connectivity index (χ2v) is 8.11. The highest BCUT2D eigenvalue weighted by atomic mass is 19.1. The molecule has 2 aromatic carbocycles. The zero-order valence-corrected chi connectivity index (χ0v) is 17.7. The maximum Gasteiger partial charge on any atom is 0.226 e. The van der Waals surface area contributed by atoms with Gasteiger partial charge >= 0.3 is 0 Å². The molecule has 2 aromatic rings. The second-order valence-electron chi connectivity index (χ2n) is 8.11. The van der Waals surface area contributed by atoms with Crippen molar-refractivity contribution in [2.75, 3.05) is 26.3 Å². The van der Waals surface area contributed by atoms with Crippen molar-refractivity contribution in [2.45, 2.75) is 32.7 Å². The molecule has 1 fully saturated rings. The van der Waals surface area contributed by atoms with E-state index in [0.717, 1.165) is 11.1 Å². The smallest absolute Gasteiger partial charge is 0.226 e. The molecule has 164 valence electrons. The molecule has 1 N–H and O–H groups in total. The van der Waals surface area contributed by atoms with E-state index in [2.05, 4.69) is 5.32 Å². The molecular formula is C24H27FN2O4. The summed E-state index contributed by atoms with van der Waals surface area (Å²) < 4.78 is 24.8. The Morgan fingerprint density at radius 3 is 2.48 bits per heavy atom. The third-order valence-corrected chi connectivity index (χ3v) is 5.88. The van der Waals surface area contributed by atoms with Crippen molar-refractivity contribution in [3.63, 3.8) is 0 Å². The van der Waals surface area contributed by atoms with Gasteiger partial charge in [-0.3, -0.25) is 9.59 Å². The number of carbonyl (C=O) groups is 2. The Bertz CT molecular complexity index is 970. The van der Waals surface area contributed by atoms with Crippen molar-refractivity contribution in [1.29, 1.82) is 0 Å². The van der Waals surface area contributed by atoms with Crippen molar-refractivity contribution in [2.24, 2.45) is 5.92 Å². The number of benzene rings is 2. The Hall–Kier alpha value is -3.09. The normalized spacial score (nSPS) is 16.1. The van der Waals surface area contributed by atoms with E-state index in [9.17, 15) is 14.0 Å². The fourth-order valence-corrected chi connectivity index (χ4v) is 3.96. The van der Waals surface area contributed by atoms with Gasteiger partial charge in [0.2, 0.25) is 11.8 Å². The maximum absolute atomic E-state index is 13.7. The minimum atomic E-state index is -0.267. The number of halogens is 1. The first-order valence-corrected chi connectivity index (χ1v) is 10.7. The van der Waals surface area contributed by atoms with Gasteiger partial charge in [0.15, 0.2) is 11.5 Å². The molecule has 2 amide bonds. The molecule has 0 unspecified atom stereocenters. The Balaban J connectivity index is 1.24. The molecule has 0 radical (unpaired) electrons. The molecule has 0 spiro atoms. The number of fused-ring (bicyclic) bond motifs is 1. The first-order valence-electron chi connectivity index (χ1n) is 10.7. The number of carbonyl (C=O) groups excluding carboxylic acids is 2. The van der Waals surface area contributed by atoms with Crippen LogP contribution in [0.2, 0.25) is 0 Å². The summed E-state index contributed by atoms with van der Waals surface area (Å²) in [6.07, 6.45) is 1.55. The molecule has 2 heterocycles. The lowest BCUT2D eigenvalue weighted by molar-refractivity contribution is -0.135. The van der Waals surface area contributed by atoms with Crippen molar-refractivity contribution < 1.29 is 23.5 Å². The number of hydrogen-bond acceptors (Lipinski definition) is 4. The van der Waals surface area contributed by atoms with E-state index in [-0.39, 0.29) is 23.5 Å². The lowest BCUT2D eigenvalue weighted by Gasteiger charge is -2.31. The summed E-state index contributed by atoms with van der Waals surface area (Å²) in [5.74, 6) is 0.999. The minimum absolute atomic E-state index is 0.0417. The molecule has 0 aliphatic carbocycles. The highest BCUT2D eigenvalue weighted by Gasteiger charge is 2.27. The van der Waals surface area contributed by atoms with Crippen LogP contribution in [0.5, 0.6) is 11.5 Å². The summed E-state index contributed by atoms with van der Waals surface area (Å²) >= 11 is 0. The lowest BCUT2D eigenvalue weighted by Crippen LogP contribution is -2.43. The first-order chi connectivity index (χ1) is 15.0. The van der Waals surface area contributed by atoms with Crippen LogP contribution in [0, 0.1) is 18.7 Å². The number of rotatable bonds is 5. The minimum Gasteiger partial charge on any atom is -0.486 e. The van der Waals surface area contributed by atoms with E-state index < -0.39 is 0 Å². The summed E-state index contributed by atoms with van der Waals surface area (Å²) in [5.41, 5.74) is 2.21. The molecule has 31 heavy (non-hydrogen) atoms. The van der Waals surface area contributed by atoms with Crippen molar-refractivity contribution in [1.82, 2.24) is 10.2 Å². The Morgan fingerprint density at radius 2 is 1.74 bits per heavy atom. The average Bonchev–Trinajstić information content (AvgIpc) is 2.79. The van der Waals surface area contributed by atoms with Gasteiger partial charge < -0.3 is 19.7 Å². The van der Waals surface area contributed by atoms with Gasteiger partial charge in [0, 0.05) is 25.6 Å². The van der Waals surface area contributed by atoms with E-state index in [1.807, 2.05) is 29.2 Å². The van der Waals surface area contributed by atoms with Crippen LogP contribution in [0.3, 0.4) is 0 Å². The predicted molar refractivity (Wildman–Crippen MR) is 113 cm³/mol. The van der Waals surface area contributed by atoms with Crippen LogP contribution in [0.4, 0.5) is 4.39 Å². The number of nitrogens with zero attached hydrogens (tertiary/aromatic N) is 1. The molecule has 0 atom stereocenters. The largest absolute Gasteiger partial charge is 0.486 e. The highest BCUT2D eigenvalue weighted by molar-refractivity contribution is 5.81. The molecule has 1 saturated heterocycles. The monoisotopic (exact) mass is 426 g/mol. The van der Waals surface area contributed by atoms with Gasteiger partial charge in [-0.05, 0) is 54.7 Å². The number of ether oxygens (including phenoxy) is 2. The summed E-state index contributed by atoms with van der Waals surface area (Å²) in [6.45, 7) is 4.18. The summed E-state index contributed by atoms with van der Waals surface area (Å²) in [6, 6.07) is 10.6. The van der Waals surface area contributed by atoms with Crippen molar-refractivity contribution in [3.8, 4) is 11.5 Å². The van der Waals surface area contributed by atoms with E-state index in [0.29, 0.717) is 69.2 Å². The highest BCUT2D eigenvalue weighted by Crippen LogP contribution is 2.31. The topological polar surface area (TPSA) is 67.9 Å². The number of hydrogen-bond donors (Lipinski definition) is 1. The molecule has 0 bridgehead atoms. The Morgan fingerprint density at radius 1 is 1.03 bits per heavy atom. The van der Waals surface area contributed by atoms with Gasteiger partial charge in [0.25, 0.3) is 0 Å². The molecule has 2 aliphatic rings. The average molecular weight is 426 g/mol. The summed E-state index contributed by atoms with van der Waals surface area (Å²) in [5, 5.41) is 2.89. The standard InChI is InChI=1S/C24H27FN2O4/c1-16-2-3-18(12-20(16)25)15-26-24(29)19-6-8-27(9-7-19)23(28)14-17-4-5-21-22(13-17)31-11-10-30-21/h2-5,12-13,19H,6-11,14-15H2,1H3,(H,26,29). The fourth-order valence-electron chi connectivity index (χ4n) is 3.96. The van der Waals surface area contributed by atoms with Crippen LogP contribution in [-0.2, 0) is 22.6 Å². The van der Waals surface area contributed by atoms with Crippen LogP contribution >= 0.6 is 0 Å². The quantitative estimate of drug-likeness (QED) is 0.798. The van der Waals surface area contributed by atoms with Gasteiger partial charge in [-0.1, -0.05) is 18.2 Å². The number of likely N-dealkylation sites (tertiary alicyclic amines) is 1. The zero-order chi connectivity index (χ0) is 21.8. The summed E-state index contributed by atoms with van der Waals surface area (Å²) in [7, 11) is 0. The van der Waals surface area contributed by atoms with Gasteiger partial charge in [0.1, 0.15) is 19.0 Å². The predicted octanol–water partition coefficient (Wildman–Crippen LogP) is 3.00. The second kappa shape index (κ2) is 9.37. The SMILES string of the molecule is Cc1ccc(CNC(=O)C2CCN(C(=O)Cc3ccc4c(c3)OCCO4)CC2)cc1F. The molecule has 7 heteroatoms. The van der Waals surface area contributed by atoms with E-state index >= 15 is 0 Å². The molecule has 2 aliphatic heterocycles. The Kier molecular flexibility index (Phi) is 6.39.